The second kappa shape index (κ2) is 6.61. The van der Waals surface area contributed by atoms with Gasteiger partial charge in [0.2, 0.25) is 11.8 Å². The lowest BCUT2D eigenvalue weighted by atomic mass is 9.71. The normalized spacial score (nSPS) is 22.2. The summed E-state index contributed by atoms with van der Waals surface area (Å²) in [6.07, 6.45) is 7.78. The number of carbonyl (C=O) groups excluding carboxylic acids is 3. The third-order valence-electron chi connectivity index (χ3n) is 4.24. The van der Waals surface area contributed by atoms with E-state index in [2.05, 4.69) is 5.32 Å². The number of barbiturate groups is 1. The van der Waals surface area contributed by atoms with Crippen LogP contribution in [-0.4, -0.2) is 41.3 Å². The van der Waals surface area contributed by atoms with Crippen molar-refractivity contribution in [3.05, 3.63) is 0 Å². The number of nitrogens with zero attached hydrogens (tertiary/aromatic N) is 1. The Bertz CT molecular complexity index is 405. The molecule has 1 spiro atoms. The van der Waals surface area contributed by atoms with Gasteiger partial charge in [0.05, 0.1) is 0 Å². The largest absolute Gasteiger partial charge is 0.330 e. The molecule has 1 N–H and O–H groups in total. The molecule has 0 atom stereocenters. The Balaban J connectivity index is 2.06. The molecule has 1 saturated carbocycles. The van der Waals surface area contributed by atoms with E-state index in [1.54, 1.807) is 11.8 Å². The van der Waals surface area contributed by atoms with Gasteiger partial charge in [-0.25, -0.2) is 4.79 Å². The summed E-state index contributed by atoms with van der Waals surface area (Å²) < 4.78 is 0. The maximum Gasteiger partial charge on any atom is 0.330 e. The van der Waals surface area contributed by atoms with Crippen LogP contribution in [-0.2, 0) is 9.59 Å². The van der Waals surface area contributed by atoms with Crippen LogP contribution in [0.2, 0.25) is 0 Å². The van der Waals surface area contributed by atoms with Crippen molar-refractivity contribution in [2.24, 2.45) is 5.41 Å². The van der Waals surface area contributed by atoms with Gasteiger partial charge in [-0.2, -0.15) is 11.8 Å². The highest BCUT2D eigenvalue weighted by molar-refractivity contribution is 7.98. The molecule has 20 heavy (non-hydrogen) atoms. The zero-order valence-electron chi connectivity index (χ0n) is 11.9. The van der Waals surface area contributed by atoms with Gasteiger partial charge in [0.25, 0.3) is 0 Å². The molecule has 6 heteroatoms. The van der Waals surface area contributed by atoms with Gasteiger partial charge in [-0.05, 0) is 37.7 Å². The van der Waals surface area contributed by atoms with E-state index in [1.807, 2.05) is 6.26 Å². The first-order chi connectivity index (χ1) is 9.62. The molecule has 4 amide bonds. The Morgan fingerprint density at radius 1 is 1.15 bits per heavy atom. The molecular weight excluding hydrogens is 276 g/mol. The fourth-order valence-electron chi connectivity index (χ4n) is 3.05. The Morgan fingerprint density at radius 2 is 1.85 bits per heavy atom. The summed E-state index contributed by atoms with van der Waals surface area (Å²) in [5, 5.41) is 2.38. The van der Waals surface area contributed by atoms with Gasteiger partial charge in [0.15, 0.2) is 0 Å². The van der Waals surface area contributed by atoms with Gasteiger partial charge >= 0.3 is 6.03 Å². The smallest absolute Gasteiger partial charge is 0.277 e. The van der Waals surface area contributed by atoms with Gasteiger partial charge < -0.3 is 0 Å². The minimum Gasteiger partial charge on any atom is -0.277 e. The first kappa shape index (κ1) is 15.4. The zero-order valence-corrected chi connectivity index (χ0v) is 12.8. The molecule has 2 fully saturated rings. The van der Waals surface area contributed by atoms with Crippen molar-refractivity contribution in [2.45, 2.75) is 44.9 Å². The summed E-state index contributed by atoms with van der Waals surface area (Å²) in [4.78, 5) is 37.9. The van der Waals surface area contributed by atoms with Crippen molar-refractivity contribution < 1.29 is 14.4 Å². The number of imide groups is 2. The number of urea groups is 1. The number of carbonyl (C=O) groups is 3. The second-order valence-corrected chi connectivity index (χ2v) is 6.54. The van der Waals surface area contributed by atoms with E-state index < -0.39 is 11.4 Å². The van der Waals surface area contributed by atoms with Crippen LogP contribution >= 0.6 is 11.8 Å². The van der Waals surface area contributed by atoms with Crippen LogP contribution in [0.3, 0.4) is 0 Å². The van der Waals surface area contributed by atoms with Crippen molar-refractivity contribution in [3.63, 3.8) is 0 Å². The lowest BCUT2D eigenvalue weighted by Crippen LogP contribution is -2.64. The van der Waals surface area contributed by atoms with Crippen LogP contribution in [0.4, 0.5) is 4.79 Å². The highest BCUT2D eigenvalue weighted by atomic mass is 32.2. The van der Waals surface area contributed by atoms with Gasteiger partial charge in [-0.3, -0.25) is 19.8 Å². The minimum atomic E-state index is -0.967. The number of nitrogens with one attached hydrogen (secondary N) is 1. The summed E-state index contributed by atoms with van der Waals surface area (Å²) in [7, 11) is 0. The monoisotopic (exact) mass is 298 g/mol. The van der Waals surface area contributed by atoms with Crippen molar-refractivity contribution in [2.75, 3.05) is 18.6 Å². The lowest BCUT2D eigenvalue weighted by Gasteiger charge is -2.41. The van der Waals surface area contributed by atoms with E-state index in [1.165, 1.54) is 4.90 Å². The topological polar surface area (TPSA) is 66.5 Å². The third kappa shape index (κ3) is 2.85. The molecule has 1 heterocycles. The molecule has 0 aromatic rings. The van der Waals surface area contributed by atoms with E-state index in [-0.39, 0.29) is 11.8 Å². The first-order valence-electron chi connectivity index (χ1n) is 7.28. The fraction of sp³-hybridized carbons (Fsp3) is 0.786. The van der Waals surface area contributed by atoms with Crippen LogP contribution in [0, 0.1) is 5.41 Å². The fourth-order valence-corrected chi connectivity index (χ4v) is 3.54. The summed E-state index contributed by atoms with van der Waals surface area (Å²) in [5.74, 6) is 0.371. The second-order valence-electron chi connectivity index (χ2n) is 5.56. The lowest BCUT2D eigenvalue weighted by molar-refractivity contribution is -0.153. The van der Waals surface area contributed by atoms with E-state index in [0.29, 0.717) is 19.4 Å². The molecule has 0 radical (unpaired) electrons. The summed E-state index contributed by atoms with van der Waals surface area (Å²) in [5.41, 5.74) is -0.967. The predicted molar refractivity (Wildman–Crippen MR) is 78.4 cm³/mol. The Kier molecular flexibility index (Phi) is 5.07. The highest BCUT2D eigenvalue weighted by Gasteiger charge is 2.53. The number of thioether (sulfide) groups is 1. The molecule has 1 aliphatic heterocycles. The van der Waals surface area contributed by atoms with Gasteiger partial charge in [0, 0.05) is 6.54 Å². The van der Waals surface area contributed by atoms with Crippen LogP contribution in [0.15, 0.2) is 0 Å². The summed E-state index contributed by atoms with van der Waals surface area (Å²) in [6, 6.07) is -0.541. The molecule has 0 unspecified atom stereocenters. The molecule has 1 aliphatic carbocycles. The highest BCUT2D eigenvalue weighted by Crippen LogP contribution is 2.40. The van der Waals surface area contributed by atoms with E-state index in [0.717, 1.165) is 37.9 Å². The van der Waals surface area contributed by atoms with Crippen molar-refractivity contribution in [1.29, 1.82) is 0 Å². The molecule has 0 bridgehead atoms. The van der Waals surface area contributed by atoms with E-state index in [4.69, 9.17) is 0 Å². The van der Waals surface area contributed by atoms with Gasteiger partial charge in [-0.15, -0.1) is 0 Å². The van der Waals surface area contributed by atoms with Crippen LogP contribution in [0.1, 0.15) is 44.9 Å². The van der Waals surface area contributed by atoms with Crippen LogP contribution in [0.5, 0.6) is 0 Å². The first-order valence-corrected chi connectivity index (χ1v) is 8.67. The SMILES string of the molecule is CSCCCCN1C(=O)NC(=O)C2(CCCCC2)C1=O. The standard InChI is InChI=1S/C14H22N2O3S/c1-20-10-6-5-9-16-12(18)14(7-3-2-4-8-14)11(17)15-13(16)19/h2-10H2,1H3,(H,15,17,19). The Morgan fingerprint density at radius 3 is 2.50 bits per heavy atom. The average Bonchev–Trinajstić information content (AvgIpc) is 2.46. The van der Waals surface area contributed by atoms with Gasteiger partial charge in [0.1, 0.15) is 5.41 Å². The molecule has 0 aromatic heterocycles. The van der Waals surface area contributed by atoms with Crippen molar-refractivity contribution >= 4 is 29.6 Å². The maximum atomic E-state index is 12.6. The Hall–Kier alpha value is -1.04. The number of hydrogen-bond acceptors (Lipinski definition) is 4. The average molecular weight is 298 g/mol. The molecular formula is C14H22N2O3S. The van der Waals surface area contributed by atoms with Crippen LogP contribution < -0.4 is 5.32 Å². The van der Waals surface area contributed by atoms with Crippen molar-refractivity contribution in [1.82, 2.24) is 10.2 Å². The zero-order chi connectivity index (χ0) is 14.6. The van der Waals surface area contributed by atoms with Gasteiger partial charge in [-0.1, -0.05) is 19.3 Å². The Labute approximate surface area is 123 Å². The number of amides is 4. The number of hydrogen-bond donors (Lipinski definition) is 1. The van der Waals surface area contributed by atoms with E-state index in [9.17, 15) is 14.4 Å². The molecule has 112 valence electrons. The molecule has 1 saturated heterocycles. The quantitative estimate of drug-likeness (QED) is 0.624. The molecule has 5 nitrogen and oxygen atoms in total. The molecule has 2 aliphatic rings. The number of rotatable bonds is 5. The molecule has 0 aromatic carbocycles. The van der Waals surface area contributed by atoms with E-state index >= 15 is 0 Å². The third-order valence-corrected chi connectivity index (χ3v) is 4.94. The summed E-state index contributed by atoms with van der Waals surface area (Å²) in [6.45, 7) is 0.417. The minimum absolute atomic E-state index is 0.268. The summed E-state index contributed by atoms with van der Waals surface area (Å²) >= 11 is 1.75. The van der Waals surface area contributed by atoms with Crippen molar-refractivity contribution in [3.8, 4) is 0 Å². The predicted octanol–water partition coefficient (Wildman–Crippen LogP) is 2.16. The maximum absolute atomic E-state index is 12.6. The number of unbranched alkanes of at least 4 members (excludes halogenated alkanes) is 1. The molecule has 2 rings (SSSR count). The van der Waals surface area contributed by atoms with Crippen LogP contribution in [0.25, 0.3) is 0 Å².